The standard InChI is InChI=1S/Fe.Mn.H3O4P/c;;1-5(2,3)4/h;;(H3,1,2,3,4)/q+1;;/p-1. The number of rotatable bonds is 1. The molecular formula is H2FeMnO4P. The molecule has 0 atom stereocenters. The molecule has 2 N–H and O–H groups in total. The summed E-state index contributed by atoms with van der Waals surface area (Å²) >= 11 is 2.49. The van der Waals surface area contributed by atoms with Crippen molar-refractivity contribution in [3.8, 4) is 0 Å². The summed E-state index contributed by atoms with van der Waals surface area (Å²) in [6.07, 6.45) is 0. The van der Waals surface area contributed by atoms with Crippen molar-refractivity contribution in [3.05, 3.63) is 0 Å². The van der Waals surface area contributed by atoms with E-state index in [4.69, 9.17) is 9.79 Å². The second-order valence-corrected chi connectivity index (χ2v) is 2.27. The van der Waals surface area contributed by atoms with E-state index >= 15 is 0 Å². The minimum absolute atomic E-state index is 0. The Morgan fingerprint density at radius 1 is 1.57 bits per heavy atom. The van der Waals surface area contributed by atoms with Crippen molar-refractivity contribution in [2.24, 2.45) is 0 Å². The normalized spacial score (nSPS) is 10.1. The predicted octanol–water partition coefficient (Wildman–Crippen LogP) is -0.445. The fourth-order valence-electron chi connectivity index (χ4n) is 0. The first-order chi connectivity index (χ1) is 2.56. The molecule has 7 heavy (non-hydrogen) atoms. The summed E-state index contributed by atoms with van der Waals surface area (Å²) in [6.45, 7) is 0. The number of hydrogen-bond acceptors (Lipinski definition) is 2. The molecule has 46 valence electrons. The molecule has 0 unspecified atom stereocenters. The van der Waals surface area contributed by atoms with Gasteiger partial charge in [-0.1, -0.05) is 0 Å². The Morgan fingerprint density at radius 2 is 1.71 bits per heavy atom. The molecule has 7 heteroatoms. The van der Waals surface area contributed by atoms with Crippen LogP contribution in [0.25, 0.3) is 0 Å². The van der Waals surface area contributed by atoms with E-state index in [2.05, 4.69) is 19.9 Å². The second kappa shape index (κ2) is 4.07. The molecule has 0 aliphatic carbocycles. The molecule has 0 amide bonds. The molecule has 0 aliphatic heterocycles. The van der Waals surface area contributed by atoms with E-state index in [1.54, 1.807) is 0 Å². The topological polar surface area (TPSA) is 66.8 Å². The first-order valence-electron chi connectivity index (χ1n) is 0.909. The van der Waals surface area contributed by atoms with Crippen LogP contribution in [-0.2, 0) is 41.6 Å². The van der Waals surface area contributed by atoms with Gasteiger partial charge < -0.3 is 0 Å². The average molecular weight is 208 g/mol. The first-order valence-corrected chi connectivity index (χ1v) is 2.89. The first kappa shape index (κ1) is 11.0. The third kappa shape index (κ3) is 11.0. The molecular weight excluding hydrogens is 206 g/mol. The maximum Gasteiger partial charge on any atom is 0 e. The zero-order valence-corrected chi connectivity index (χ0v) is 6.07. The van der Waals surface area contributed by atoms with Gasteiger partial charge in [-0.3, -0.25) is 0 Å². The van der Waals surface area contributed by atoms with Crippen molar-refractivity contribution in [1.29, 1.82) is 0 Å². The van der Waals surface area contributed by atoms with E-state index in [0.29, 0.717) is 0 Å². The number of hydrogen-bond donors (Lipinski definition) is 2. The molecule has 0 aromatic carbocycles. The maximum atomic E-state index is 9.41. The molecule has 0 rings (SSSR count). The van der Waals surface area contributed by atoms with Gasteiger partial charge in [-0.2, -0.15) is 0 Å². The average Bonchev–Trinajstić information content (AvgIpc) is 1.35. The Morgan fingerprint density at radius 3 is 1.71 bits per heavy atom. The molecule has 4 nitrogen and oxygen atoms in total. The summed E-state index contributed by atoms with van der Waals surface area (Å²) in [4.78, 5) is 15.3. The SMILES string of the molecule is O=P(O)(O)[O][Fe].[Mn]. The van der Waals surface area contributed by atoms with Gasteiger partial charge in [-0.25, -0.2) is 0 Å². The van der Waals surface area contributed by atoms with E-state index < -0.39 is 7.82 Å². The quantitative estimate of drug-likeness (QED) is 0.452. The Kier molecular flexibility index (Phi) is 6.41. The molecule has 0 aromatic heterocycles. The maximum absolute atomic E-state index is 9.41. The van der Waals surface area contributed by atoms with E-state index in [0.717, 1.165) is 0 Å². The second-order valence-electron chi connectivity index (χ2n) is 0.555. The molecule has 0 spiro atoms. The van der Waals surface area contributed by atoms with Crippen molar-refractivity contribution >= 4 is 7.82 Å². The Bertz CT molecular complexity index is 75.8. The van der Waals surface area contributed by atoms with Gasteiger partial charge in [0.25, 0.3) is 0 Å². The van der Waals surface area contributed by atoms with Gasteiger partial charge in [0.2, 0.25) is 0 Å². The Hall–Kier alpha value is 1.15. The van der Waals surface area contributed by atoms with Crippen molar-refractivity contribution in [2.45, 2.75) is 0 Å². The van der Waals surface area contributed by atoms with Crippen LogP contribution in [0.3, 0.4) is 0 Å². The summed E-state index contributed by atoms with van der Waals surface area (Å²) in [6, 6.07) is 0. The summed E-state index contributed by atoms with van der Waals surface area (Å²) < 4.78 is 12.8. The number of phosphoric acid groups is 1. The van der Waals surface area contributed by atoms with Gasteiger partial charge in [-0.05, 0) is 0 Å². The minimum Gasteiger partial charge on any atom is 0 e. The van der Waals surface area contributed by atoms with Crippen LogP contribution in [-0.4, -0.2) is 9.79 Å². The fourth-order valence-corrected chi connectivity index (χ4v) is 0. The van der Waals surface area contributed by atoms with Crippen LogP contribution in [0, 0.1) is 0 Å². The van der Waals surface area contributed by atoms with Crippen LogP contribution in [0.1, 0.15) is 0 Å². The van der Waals surface area contributed by atoms with E-state index in [9.17, 15) is 4.57 Å². The van der Waals surface area contributed by atoms with Gasteiger partial charge in [-0.15, -0.1) is 0 Å². The minimum atomic E-state index is -4.26. The summed E-state index contributed by atoms with van der Waals surface area (Å²) in [5, 5.41) is 0. The van der Waals surface area contributed by atoms with Gasteiger partial charge in [0.1, 0.15) is 0 Å². The van der Waals surface area contributed by atoms with Gasteiger partial charge in [0.15, 0.2) is 0 Å². The summed E-state index contributed by atoms with van der Waals surface area (Å²) in [7, 11) is -4.26. The molecule has 0 fully saturated rings. The zero-order chi connectivity index (χ0) is 5.21. The summed E-state index contributed by atoms with van der Waals surface area (Å²) in [5.41, 5.74) is 0. The van der Waals surface area contributed by atoms with E-state index in [1.165, 1.54) is 0 Å². The van der Waals surface area contributed by atoms with Crippen LogP contribution >= 0.6 is 7.82 Å². The largest absolute Gasteiger partial charge is 0 e. The van der Waals surface area contributed by atoms with Crippen molar-refractivity contribution in [3.63, 3.8) is 0 Å². The van der Waals surface area contributed by atoms with Crippen LogP contribution in [0.2, 0.25) is 0 Å². The Labute approximate surface area is 59.5 Å². The van der Waals surface area contributed by atoms with E-state index in [1.807, 2.05) is 0 Å². The van der Waals surface area contributed by atoms with Crippen molar-refractivity contribution in [1.82, 2.24) is 0 Å². The monoisotopic (exact) mass is 208 g/mol. The van der Waals surface area contributed by atoms with Crippen LogP contribution in [0.5, 0.6) is 0 Å². The third-order valence-corrected chi connectivity index (χ3v) is 1.04. The molecule has 0 saturated carbocycles. The summed E-state index contributed by atoms with van der Waals surface area (Å²) in [5.74, 6) is 0. The molecule has 0 aromatic rings. The predicted molar refractivity (Wildman–Crippen MR) is 13.1 cm³/mol. The van der Waals surface area contributed by atoms with E-state index in [-0.39, 0.29) is 17.1 Å². The van der Waals surface area contributed by atoms with Gasteiger partial charge in [0, 0.05) is 17.1 Å². The van der Waals surface area contributed by atoms with Gasteiger partial charge >= 0.3 is 42.1 Å². The molecule has 0 aliphatic rings. The van der Waals surface area contributed by atoms with Crippen LogP contribution in [0.15, 0.2) is 0 Å². The van der Waals surface area contributed by atoms with Crippen LogP contribution in [0.4, 0.5) is 0 Å². The zero-order valence-electron chi connectivity index (χ0n) is 2.89. The fraction of sp³-hybridized carbons (Fsp3) is 0. The third-order valence-electron chi connectivity index (χ3n) is 0.0841. The molecule has 0 saturated heterocycles. The smallest absolute Gasteiger partial charge is 0 e. The molecule has 0 bridgehead atoms. The Balaban J connectivity index is 0. The van der Waals surface area contributed by atoms with Crippen molar-refractivity contribution < 1.29 is 51.4 Å². The van der Waals surface area contributed by atoms with Crippen molar-refractivity contribution in [2.75, 3.05) is 0 Å². The molecule has 0 heterocycles. The molecule has 1 radical (unpaired) electrons. The van der Waals surface area contributed by atoms with Gasteiger partial charge in [0.05, 0.1) is 0 Å². The van der Waals surface area contributed by atoms with Crippen LogP contribution < -0.4 is 0 Å².